The molecule has 0 fully saturated rings. The number of rotatable bonds is 3. The highest BCUT2D eigenvalue weighted by Crippen LogP contribution is 2.07. The van der Waals surface area contributed by atoms with Crippen LogP contribution in [-0.4, -0.2) is 9.55 Å². The van der Waals surface area contributed by atoms with Crippen molar-refractivity contribution in [1.82, 2.24) is 9.55 Å². The van der Waals surface area contributed by atoms with Crippen LogP contribution >= 0.6 is 0 Å². The smallest absolute Gasteiger partial charge is 0.142 e. The van der Waals surface area contributed by atoms with Gasteiger partial charge < -0.3 is 4.57 Å². The number of hydrogen-bond donors (Lipinski definition) is 0. The van der Waals surface area contributed by atoms with Gasteiger partial charge in [0.05, 0.1) is 12.0 Å². The third-order valence-electron chi connectivity index (χ3n) is 1.89. The predicted octanol–water partition coefficient (Wildman–Crippen LogP) is 1.63. The molecule has 12 heavy (non-hydrogen) atoms. The third kappa shape index (κ3) is 1.65. The number of nitrogens with zero attached hydrogens (tertiary/aromatic N) is 3. The second-order valence-corrected chi connectivity index (χ2v) is 2.87. The SMILES string of the molecule is CCCCc1ncn(C)c1C#N. The summed E-state index contributed by atoms with van der Waals surface area (Å²) in [5.41, 5.74) is 1.63. The first kappa shape index (κ1) is 8.79. The quantitative estimate of drug-likeness (QED) is 0.679. The van der Waals surface area contributed by atoms with Gasteiger partial charge in [-0.25, -0.2) is 4.98 Å². The molecule has 0 radical (unpaired) electrons. The number of unbranched alkanes of at least 4 members (excludes halogenated alkanes) is 1. The summed E-state index contributed by atoms with van der Waals surface area (Å²) in [6.45, 7) is 2.13. The van der Waals surface area contributed by atoms with Crippen molar-refractivity contribution in [3.05, 3.63) is 17.7 Å². The first-order valence-corrected chi connectivity index (χ1v) is 4.20. The molecule has 1 aromatic heterocycles. The van der Waals surface area contributed by atoms with Crippen molar-refractivity contribution in [2.24, 2.45) is 7.05 Å². The Balaban J connectivity index is 2.79. The van der Waals surface area contributed by atoms with Gasteiger partial charge in [0.25, 0.3) is 0 Å². The average molecular weight is 163 g/mol. The highest BCUT2D eigenvalue weighted by Gasteiger charge is 2.06. The summed E-state index contributed by atoms with van der Waals surface area (Å²) in [7, 11) is 1.85. The fourth-order valence-corrected chi connectivity index (χ4v) is 1.15. The summed E-state index contributed by atoms with van der Waals surface area (Å²) in [5.74, 6) is 0. The predicted molar refractivity (Wildman–Crippen MR) is 46.5 cm³/mol. The molecule has 0 aliphatic heterocycles. The van der Waals surface area contributed by atoms with Crippen LogP contribution in [0.4, 0.5) is 0 Å². The van der Waals surface area contributed by atoms with E-state index < -0.39 is 0 Å². The zero-order valence-electron chi connectivity index (χ0n) is 7.54. The Hall–Kier alpha value is -1.30. The summed E-state index contributed by atoms with van der Waals surface area (Å²) in [6.07, 6.45) is 4.86. The van der Waals surface area contributed by atoms with Crippen LogP contribution in [0.5, 0.6) is 0 Å². The maximum absolute atomic E-state index is 8.78. The van der Waals surface area contributed by atoms with Crippen molar-refractivity contribution in [3.63, 3.8) is 0 Å². The lowest BCUT2D eigenvalue weighted by atomic mass is 10.2. The Morgan fingerprint density at radius 1 is 1.67 bits per heavy atom. The minimum Gasteiger partial charge on any atom is -0.325 e. The van der Waals surface area contributed by atoms with E-state index in [4.69, 9.17) is 5.26 Å². The second kappa shape index (κ2) is 3.91. The van der Waals surface area contributed by atoms with E-state index in [-0.39, 0.29) is 0 Å². The molecule has 0 spiro atoms. The number of nitriles is 1. The van der Waals surface area contributed by atoms with E-state index in [1.807, 2.05) is 7.05 Å². The van der Waals surface area contributed by atoms with Gasteiger partial charge in [-0.2, -0.15) is 5.26 Å². The van der Waals surface area contributed by atoms with Gasteiger partial charge in [0.2, 0.25) is 0 Å². The summed E-state index contributed by atoms with van der Waals surface area (Å²) >= 11 is 0. The Morgan fingerprint density at radius 3 is 3.00 bits per heavy atom. The van der Waals surface area contributed by atoms with Crippen molar-refractivity contribution < 1.29 is 0 Å². The first-order valence-electron chi connectivity index (χ1n) is 4.20. The maximum Gasteiger partial charge on any atom is 0.142 e. The highest BCUT2D eigenvalue weighted by atomic mass is 15.0. The van der Waals surface area contributed by atoms with Crippen LogP contribution in [0.3, 0.4) is 0 Å². The number of imidazole rings is 1. The number of aromatic nitrogens is 2. The Bertz CT molecular complexity index is 293. The molecule has 0 aliphatic carbocycles. The minimum atomic E-state index is 0.698. The molecule has 0 aromatic carbocycles. The zero-order chi connectivity index (χ0) is 8.97. The molecule has 1 heterocycles. The first-order chi connectivity index (χ1) is 5.79. The van der Waals surface area contributed by atoms with E-state index in [1.54, 1.807) is 10.9 Å². The molecule has 0 bridgehead atoms. The van der Waals surface area contributed by atoms with E-state index in [0.717, 1.165) is 25.0 Å². The van der Waals surface area contributed by atoms with Crippen molar-refractivity contribution >= 4 is 0 Å². The molecule has 3 nitrogen and oxygen atoms in total. The molecule has 0 amide bonds. The normalized spacial score (nSPS) is 9.75. The van der Waals surface area contributed by atoms with Crippen LogP contribution in [0, 0.1) is 11.3 Å². The molecular formula is C9H13N3. The van der Waals surface area contributed by atoms with Crippen LogP contribution in [0.1, 0.15) is 31.2 Å². The van der Waals surface area contributed by atoms with Gasteiger partial charge in [0, 0.05) is 7.05 Å². The minimum absolute atomic E-state index is 0.698. The van der Waals surface area contributed by atoms with Gasteiger partial charge in [-0.15, -0.1) is 0 Å². The van der Waals surface area contributed by atoms with Gasteiger partial charge in [-0.05, 0) is 12.8 Å². The van der Waals surface area contributed by atoms with Gasteiger partial charge in [-0.3, -0.25) is 0 Å². The standard InChI is InChI=1S/C9H13N3/c1-3-4-5-8-9(6-10)12(2)7-11-8/h7H,3-5H2,1-2H3. The molecule has 0 saturated carbocycles. The molecule has 0 atom stereocenters. The van der Waals surface area contributed by atoms with Gasteiger partial charge in [0.1, 0.15) is 11.8 Å². The monoisotopic (exact) mass is 163 g/mol. The second-order valence-electron chi connectivity index (χ2n) is 2.87. The summed E-state index contributed by atoms with van der Waals surface area (Å²) in [6, 6.07) is 2.15. The molecule has 1 rings (SSSR count). The lowest BCUT2D eigenvalue weighted by Gasteiger charge is -1.95. The van der Waals surface area contributed by atoms with Crippen molar-refractivity contribution in [3.8, 4) is 6.07 Å². The van der Waals surface area contributed by atoms with Crippen LogP contribution in [0.15, 0.2) is 6.33 Å². The van der Waals surface area contributed by atoms with Crippen LogP contribution in [0.2, 0.25) is 0 Å². The zero-order valence-corrected chi connectivity index (χ0v) is 7.54. The Morgan fingerprint density at radius 2 is 2.42 bits per heavy atom. The number of hydrogen-bond acceptors (Lipinski definition) is 2. The summed E-state index contributed by atoms with van der Waals surface area (Å²) < 4.78 is 1.77. The van der Waals surface area contributed by atoms with Gasteiger partial charge in [-0.1, -0.05) is 13.3 Å². The molecule has 0 unspecified atom stereocenters. The largest absolute Gasteiger partial charge is 0.325 e. The molecule has 0 saturated heterocycles. The summed E-state index contributed by atoms with van der Waals surface area (Å²) in [4.78, 5) is 4.16. The average Bonchev–Trinajstić information content (AvgIpc) is 2.43. The molecular weight excluding hydrogens is 150 g/mol. The van der Waals surface area contributed by atoms with Crippen LogP contribution in [-0.2, 0) is 13.5 Å². The van der Waals surface area contributed by atoms with Crippen LogP contribution in [0.25, 0.3) is 0 Å². The topological polar surface area (TPSA) is 41.6 Å². The molecule has 3 heteroatoms. The van der Waals surface area contributed by atoms with Gasteiger partial charge in [0.15, 0.2) is 0 Å². The van der Waals surface area contributed by atoms with E-state index in [2.05, 4.69) is 18.0 Å². The molecule has 0 aliphatic rings. The Labute approximate surface area is 72.7 Å². The molecule has 1 aromatic rings. The maximum atomic E-state index is 8.78. The highest BCUT2D eigenvalue weighted by molar-refractivity contribution is 5.26. The fraction of sp³-hybridized carbons (Fsp3) is 0.556. The van der Waals surface area contributed by atoms with Crippen molar-refractivity contribution in [2.45, 2.75) is 26.2 Å². The van der Waals surface area contributed by atoms with Crippen LogP contribution < -0.4 is 0 Å². The van der Waals surface area contributed by atoms with E-state index in [0.29, 0.717) is 5.69 Å². The van der Waals surface area contributed by atoms with Crippen molar-refractivity contribution in [2.75, 3.05) is 0 Å². The lowest BCUT2D eigenvalue weighted by Crippen LogP contribution is -1.93. The van der Waals surface area contributed by atoms with E-state index in [9.17, 15) is 0 Å². The summed E-state index contributed by atoms with van der Waals surface area (Å²) in [5, 5.41) is 8.78. The van der Waals surface area contributed by atoms with E-state index >= 15 is 0 Å². The van der Waals surface area contributed by atoms with E-state index in [1.165, 1.54) is 0 Å². The lowest BCUT2D eigenvalue weighted by molar-refractivity contribution is 0.776. The fourth-order valence-electron chi connectivity index (χ4n) is 1.15. The molecule has 0 N–H and O–H groups in total. The number of aryl methyl sites for hydroxylation is 2. The van der Waals surface area contributed by atoms with Crippen molar-refractivity contribution in [1.29, 1.82) is 5.26 Å². The van der Waals surface area contributed by atoms with Gasteiger partial charge >= 0.3 is 0 Å². The third-order valence-corrected chi connectivity index (χ3v) is 1.89. The molecule has 64 valence electrons. The Kier molecular flexibility index (Phi) is 2.87.